The number of carbonyl (C=O) groups excluding carboxylic acids is 2. The molecule has 1 spiro atoms. The lowest BCUT2D eigenvalue weighted by atomic mass is 9.71. The van der Waals surface area contributed by atoms with Crippen LogP contribution in [0.4, 0.5) is 0 Å². The SMILES string of the molecule is CCCCCCCCCC(=O)OCC(COC(=O)C(CCCCCC)CCCCCCCC)N1CCC2(CCN(CCCCO)CC2)CC1. The molecule has 7 nitrogen and oxygen atoms in total. The monoisotopic (exact) mass is 693 g/mol. The number of likely N-dealkylation sites (tertiary alicyclic amines) is 2. The van der Waals surface area contributed by atoms with Gasteiger partial charge in [-0.2, -0.15) is 0 Å². The molecule has 0 bridgehead atoms. The molecule has 0 radical (unpaired) electrons. The van der Waals surface area contributed by atoms with Crippen LogP contribution < -0.4 is 0 Å². The lowest BCUT2D eigenvalue weighted by molar-refractivity contribution is -0.154. The number of nitrogens with zero attached hydrogens (tertiary/aromatic N) is 2. The Kier molecular flexibility index (Phi) is 25.5. The number of unbranched alkanes of at least 4 members (excludes halogenated alkanes) is 15. The van der Waals surface area contributed by atoms with Crippen molar-refractivity contribution >= 4 is 11.9 Å². The molecule has 2 rings (SSSR count). The Hall–Kier alpha value is -1.18. The topological polar surface area (TPSA) is 79.3 Å². The molecule has 2 aliphatic heterocycles. The van der Waals surface area contributed by atoms with E-state index in [-0.39, 0.29) is 30.5 Å². The highest BCUT2D eigenvalue weighted by Crippen LogP contribution is 2.41. The Bertz CT molecular complexity index is 805. The molecular formula is C42H80N2O5. The number of ether oxygens (including phenoxy) is 2. The highest BCUT2D eigenvalue weighted by Gasteiger charge is 2.39. The van der Waals surface area contributed by atoms with E-state index in [1.165, 1.54) is 96.3 Å². The maximum Gasteiger partial charge on any atom is 0.308 e. The van der Waals surface area contributed by atoms with Crippen molar-refractivity contribution in [3.63, 3.8) is 0 Å². The van der Waals surface area contributed by atoms with E-state index in [0.29, 0.717) is 25.0 Å². The largest absolute Gasteiger partial charge is 0.464 e. The number of aliphatic hydroxyl groups is 1. The Morgan fingerprint density at radius 2 is 1.10 bits per heavy atom. The summed E-state index contributed by atoms with van der Waals surface area (Å²) in [7, 11) is 0. The quantitative estimate of drug-likeness (QED) is 0.0593. The summed E-state index contributed by atoms with van der Waals surface area (Å²) >= 11 is 0. The third-order valence-corrected chi connectivity index (χ3v) is 11.7. The molecule has 2 fully saturated rings. The van der Waals surface area contributed by atoms with Crippen LogP contribution in [0, 0.1) is 11.3 Å². The Morgan fingerprint density at radius 1 is 0.612 bits per heavy atom. The molecule has 0 aromatic carbocycles. The second-order valence-corrected chi connectivity index (χ2v) is 15.7. The summed E-state index contributed by atoms with van der Waals surface area (Å²) in [5.74, 6) is -0.161. The lowest BCUT2D eigenvalue weighted by Crippen LogP contribution is -2.52. The van der Waals surface area contributed by atoms with Gasteiger partial charge in [0.1, 0.15) is 13.2 Å². The average Bonchev–Trinajstić information content (AvgIpc) is 3.11. The van der Waals surface area contributed by atoms with Crippen LogP contribution in [0.1, 0.15) is 188 Å². The van der Waals surface area contributed by atoms with Gasteiger partial charge in [0.2, 0.25) is 0 Å². The van der Waals surface area contributed by atoms with E-state index >= 15 is 0 Å². The maximum atomic E-state index is 13.6. The summed E-state index contributed by atoms with van der Waals surface area (Å²) in [5.41, 5.74) is 0.403. The van der Waals surface area contributed by atoms with Crippen molar-refractivity contribution in [3.8, 4) is 0 Å². The third kappa shape index (κ3) is 19.9. The van der Waals surface area contributed by atoms with E-state index in [0.717, 1.165) is 96.9 Å². The smallest absolute Gasteiger partial charge is 0.308 e. The van der Waals surface area contributed by atoms with Crippen LogP contribution in [0.25, 0.3) is 0 Å². The molecule has 2 unspecified atom stereocenters. The van der Waals surface area contributed by atoms with Crippen LogP contribution in [0.15, 0.2) is 0 Å². The van der Waals surface area contributed by atoms with Crippen molar-refractivity contribution in [3.05, 3.63) is 0 Å². The van der Waals surface area contributed by atoms with Gasteiger partial charge in [0, 0.05) is 13.0 Å². The van der Waals surface area contributed by atoms with Crippen LogP contribution >= 0.6 is 0 Å². The van der Waals surface area contributed by atoms with Gasteiger partial charge in [0.15, 0.2) is 0 Å². The summed E-state index contributed by atoms with van der Waals surface area (Å²) in [6, 6.07) is -0.0763. The summed E-state index contributed by atoms with van der Waals surface area (Å²) in [4.78, 5) is 31.4. The van der Waals surface area contributed by atoms with Crippen molar-refractivity contribution in [1.82, 2.24) is 9.80 Å². The van der Waals surface area contributed by atoms with E-state index < -0.39 is 0 Å². The highest BCUT2D eigenvalue weighted by atomic mass is 16.5. The molecule has 1 N–H and O–H groups in total. The molecule has 0 aromatic heterocycles. The standard InChI is InChI=1S/C42H80N2O5/c1-4-7-10-13-15-17-20-25-40(46)48-36-39(44-33-28-42(29-34-44)26-31-43(32-27-42)30-21-22-35-45)37-49-41(47)38(23-18-12-9-6-3)24-19-16-14-11-8-5-2/h38-39,45H,4-37H2,1-3H3. The van der Waals surface area contributed by atoms with Gasteiger partial charge in [-0.3, -0.25) is 14.5 Å². The van der Waals surface area contributed by atoms with E-state index in [2.05, 4.69) is 30.6 Å². The average molecular weight is 693 g/mol. The molecule has 288 valence electrons. The number of hydrogen-bond acceptors (Lipinski definition) is 7. The van der Waals surface area contributed by atoms with Gasteiger partial charge in [0.25, 0.3) is 0 Å². The highest BCUT2D eigenvalue weighted by molar-refractivity contribution is 5.72. The molecule has 2 heterocycles. The molecule has 2 saturated heterocycles. The normalized spacial score (nSPS) is 18.0. The van der Waals surface area contributed by atoms with E-state index in [9.17, 15) is 9.59 Å². The van der Waals surface area contributed by atoms with Gasteiger partial charge < -0.3 is 19.5 Å². The first-order valence-electron chi connectivity index (χ1n) is 21.4. The van der Waals surface area contributed by atoms with Gasteiger partial charge >= 0.3 is 11.9 Å². The molecule has 0 saturated carbocycles. The minimum absolute atomic E-state index is 0.0178. The van der Waals surface area contributed by atoms with Crippen LogP contribution in [0.2, 0.25) is 0 Å². The van der Waals surface area contributed by atoms with E-state index in [4.69, 9.17) is 14.6 Å². The van der Waals surface area contributed by atoms with Crippen molar-refractivity contribution in [2.45, 2.75) is 194 Å². The third-order valence-electron chi connectivity index (χ3n) is 11.7. The fraction of sp³-hybridized carbons (Fsp3) is 0.952. The molecule has 0 aromatic rings. The predicted octanol–water partition coefficient (Wildman–Crippen LogP) is 9.87. The van der Waals surface area contributed by atoms with E-state index in [1.54, 1.807) is 0 Å². The number of piperidine rings is 2. The zero-order valence-corrected chi connectivity index (χ0v) is 32.7. The fourth-order valence-corrected chi connectivity index (χ4v) is 7.97. The number of carbonyl (C=O) groups is 2. The zero-order chi connectivity index (χ0) is 35.4. The Morgan fingerprint density at radius 3 is 1.67 bits per heavy atom. The van der Waals surface area contributed by atoms with Gasteiger partial charge in [-0.05, 0) is 95.9 Å². The summed E-state index contributed by atoms with van der Waals surface area (Å²) < 4.78 is 12.1. The summed E-state index contributed by atoms with van der Waals surface area (Å²) in [6.07, 6.45) is 29.5. The van der Waals surface area contributed by atoms with Crippen molar-refractivity contribution < 1.29 is 24.2 Å². The maximum absolute atomic E-state index is 13.6. The van der Waals surface area contributed by atoms with Gasteiger partial charge in [-0.1, -0.05) is 124 Å². The van der Waals surface area contributed by atoms with Gasteiger partial charge in [0.05, 0.1) is 12.0 Å². The first-order chi connectivity index (χ1) is 24.0. The van der Waals surface area contributed by atoms with E-state index in [1.807, 2.05) is 0 Å². The second-order valence-electron chi connectivity index (χ2n) is 15.7. The van der Waals surface area contributed by atoms with Crippen LogP contribution in [-0.2, 0) is 19.1 Å². The lowest BCUT2D eigenvalue weighted by Gasteiger charge is -2.48. The van der Waals surface area contributed by atoms with Crippen LogP contribution in [0.5, 0.6) is 0 Å². The fourth-order valence-electron chi connectivity index (χ4n) is 7.97. The number of rotatable bonds is 30. The molecular weight excluding hydrogens is 612 g/mol. The Balaban J connectivity index is 1.92. The van der Waals surface area contributed by atoms with Crippen LogP contribution in [0.3, 0.4) is 0 Å². The summed E-state index contributed by atoms with van der Waals surface area (Å²) in [5, 5.41) is 9.15. The minimum atomic E-state index is -0.108. The molecule has 49 heavy (non-hydrogen) atoms. The van der Waals surface area contributed by atoms with Crippen molar-refractivity contribution in [2.75, 3.05) is 52.5 Å². The number of aliphatic hydroxyl groups excluding tert-OH is 1. The predicted molar refractivity (Wildman–Crippen MR) is 204 cm³/mol. The number of hydrogen-bond donors (Lipinski definition) is 1. The molecule has 2 aliphatic rings. The Labute approximate surface area is 303 Å². The molecule has 0 aliphatic carbocycles. The van der Waals surface area contributed by atoms with Crippen molar-refractivity contribution in [1.29, 1.82) is 0 Å². The first kappa shape index (κ1) is 44.0. The molecule has 7 heteroatoms. The number of esters is 2. The first-order valence-corrected chi connectivity index (χ1v) is 21.4. The minimum Gasteiger partial charge on any atom is -0.464 e. The van der Waals surface area contributed by atoms with Crippen LogP contribution in [-0.4, -0.2) is 85.4 Å². The zero-order valence-electron chi connectivity index (χ0n) is 32.7. The summed E-state index contributed by atoms with van der Waals surface area (Å²) in [6.45, 7) is 13.0. The molecule has 0 amide bonds. The molecule has 2 atom stereocenters. The van der Waals surface area contributed by atoms with Gasteiger partial charge in [-0.15, -0.1) is 0 Å². The second kappa shape index (κ2) is 28.4. The van der Waals surface area contributed by atoms with Crippen molar-refractivity contribution in [2.24, 2.45) is 11.3 Å². The van der Waals surface area contributed by atoms with Gasteiger partial charge in [-0.25, -0.2) is 0 Å².